The summed E-state index contributed by atoms with van der Waals surface area (Å²) in [5.74, 6) is 1.21. The van der Waals surface area contributed by atoms with Crippen LogP contribution in [0.2, 0.25) is 0 Å². The number of nitrogens with zero attached hydrogens (tertiary/aromatic N) is 3. The summed E-state index contributed by atoms with van der Waals surface area (Å²) in [6.45, 7) is 2.64. The standard InChI is InChI=1S/C26H22FN5/c1-17-31-25(21-12-20(14-28-15-21)18-6-8-22(27)9-7-18)13-26(32-17)29-11-10-19-16-30-24-5-3-2-4-23(19)24/h2-9,12-16,30H,10-11H2,1H3,(H,29,31,32). The molecule has 32 heavy (non-hydrogen) atoms. The van der Waals surface area contributed by atoms with Gasteiger partial charge in [-0.3, -0.25) is 4.98 Å². The monoisotopic (exact) mass is 423 g/mol. The van der Waals surface area contributed by atoms with Crippen molar-refractivity contribution in [3.05, 3.63) is 96.5 Å². The first-order valence-electron chi connectivity index (χ1n) is 10.5. The molecule has 0 radical (unpaired) electrons. The Morgan fingerprint density at radius 1 is 0.906 bits per heavy atom. The molecule has 5 rings (SSSR count). The second-order valence-corrected chi connectivity index (χ2v) is 7.69. The van der Waals surface area contributed by atoms with Gasteiger partial charge in [0.05, 0.1) is 5.69 Å². The SMILES string of the molecule is Cc1nc(NCCc2c[nH]c3ccccc23)cc(-c2cncc(-c3ccc(F)cc3)c2)n1. The number of halogens is 1. The summed E-state index contributed by atoms with van der Waals surface area (Å²) in [6.07, 6.45) is 6.50. The lowest BCUT2D eigenvalue weighted by Gasteiger charge is -2.10. The van der Waals surface area contributed by atoms with E-state index in [1.807, 2.05) is 25.1 Å². The van der Waals surface area contributed by atoms with Gasteiger partial charge in [0.15, 0.2) is 0 Å². The van der Waals surface area contributed by atoms with Gasteiger partial charge in [0, 0.05) is 53.2 Å². The molecule has 0 atom stereocenters. The molecule has 0 aliphatic carbocycles. The minimum absolute atomic E-state index is 0.257. The molecule has 0 amide bonds. The minimum Gasteiger partial charge on any atom is -0.370 e. The molecule has 2 N–H and O–H groups in total. The van der Waals surface area contributed by atoms with Crippen molar-refractivity contribution in [3.63, 3.8) is 0 Å². The van der Waals surface area contributed by atoms with Crippen molar-refractivity contribution in [2.45, 2.75) is 13.3 Å². The number of para-hydroxylation sites is 1. The lowest BCUT2D eigenvalue weighted by atomic mass is 10.0. The highest BCUT2D eigenvalue weighted by Gasteiger charge is 2.08. The van der Waals surface area contributed by atoms with Crippen LogP contribution in [-0.4, -0.2) is 26.5 Å². The summed E-state index contributed by atoms with van der Waals surface area (Å²) in [5.41, 5.74) is 5.92. The van der Waals surface area contributed by atoms with Crippen LogP contribution in [0.15, 0.2) is 79.3 Å². The van der Waals surface area contributed by atoms with Crippen LogP contribution in [0.4, 0.5) is 10.2 Å². The van der Waals surface area contributed by atoms with Crippen LogP contribution in [-0.2, 0) is 6.42 Å². The number of H-pyrrole nitrogens is 1. The quantitative estimate of drug-likeness (QED) is 0.363. The van der Waals surface area contributed by atoms with E-state index in [0.29, 0.717) is 5.82 Å². The van der Waals surface area contributed by atoms with Crippen LogP contribution >= 0.6 is 0 Å². The maximum absolute atomic E-state index is 13.3. The molecule has 0 bridgehead atoms. The van der Waals surface area contributed by atoms with E-state index in [-0.39, 0.29) is 5.82 Å². The minimum atomic E-state index is -0.257. The van der Waals surface area contributed by atoms with E-state index in [1.54, 1.807) is 24.5 Å². The Morgan fingerprint density at radius 3 is 2.59 bits per heavy atom. The van der Waals surface area contributed by atoms with Crippen molar-refractivity contribution in [2.24, 2.45) is 0 Å². The van der Waals surface area contributed by atoms with Crippen molar-refractivity contribution in [1.82, 2.24) is 19.9 Å². The van der Waals surface area contributed by atoms with E-state index in [4.69, 9.17) is 0 Å². The van der Waals surface area contributed by atoms with Gasteiger partial charge >= 0.3 is 0 Å². The zero-order valence-electron chi connectivity index (χ0n) is 17.6. The van der Waals surface area contributed by atoms with Crippen molar-refractivity contribution in [2.75, 3.05) is 11.9 Å². The number of aryl methyl sites for hydroxylation is 1. The fourth-order valence-corrected chi connectivity index (χ4v) is 3.85. The lowest BCUT2D eigenvalue weighted by Crippen LogP contribution is -2.07. The van der Waals surface area contributed by atoms with E-state index in [1.165, 1.54) is 23.1 Å². The summed E-state index contributed by atoms with van der Waals surface area (Å²) >= 11 is 0. The zero-order valence-corrected chi connectivity index (χ0v) is 17.6. The highest BCUT2D eigenvalue weighted by Crippen LogP contribution is 2.26. The third-order valence-corrected chi connectivity index (χ3v) is 5.42. The van der Waals surface area contributed by atoms with Gasteiger partial charge in [0.1, 0.15) is 17.5 Å². The van der Waals surface area contributed by atoms with Gasteiger partial charge in [0.25, 0.3) is 0 Å². The van der Waals surface area contributed by atoms with E-state index in [0.717, 1.165) is 46.7 Å². The summed E-state index contributed by atoms with van der Waals surface area (Å²) in [6, 6.07) is 18.7. The molecular weight excluding hydrogens is 401 g/mol. The molecular formula is C26H22FN5. The number of pyridine rings is 1. The number of fused-ring (bicyclic) bond motifs is 1. The molecule has 5 nitrogen and oxygen atoms in total. The highest BCUT2D eigenvalue weighted by molar-refractivity contribution is 5.83. The van der Waals surface area contributed by atoms with E-state index in [2.05, 4.69) is 49.6 Å². The van der Waals surface area contributed by atoms with Gasteiger partial charge in [-0.25, -0.2) is 14.4 Å². The third kappa shape index (κ3) is 4.21. The highest BCUT2D eigenvalue weighted by atomic mass is 19.1. The van der Waals surface area contributed by atoms with Crippen molar-refractivity contribution in [1.29, 1.82) is 0 Å². The van der Waals surface area contributed by atoms with E-state index in [9.17, 15) is 4.39 Å². The first-order valence-corrected chi connectivity index (χ1v) is 10.5. The van der Waals surface area contributed by atoms with Gasteiger partial charge in [0.2, 0.25) is 0 Å². The smallest absolute Gasteiger partial charge is 0.130 e. The van der Waals surface area contributed by atoms with Gasteiger partial charge in [-0.05, 0) is 48.7 Å². The van der Waals surface area contributed by atoms with Crippen LogP contribution in [0.25, 0.3) is 33.3 Å². The number of aromatic amines is 1. The third-order valence-electron chi connectivity index (χ3n) is 5.42. The second kappa shape index (κ2) is 8.59. The molecule has 0 unspecified atom stereocenters. The maximum Gasteiger partial charge on any atom is 0.130 e. The van der Waals surface area contributed by atoms with Crippen LogP contribution in [0.1, 0.15) is 11.4 Å². The van der Waals surface area contributed by atoms with Crippen molar-refractivity contribution in [3.8, 4) is 22.4 Å². The topological polar surface area (TPSA) is 66.5 Å². The number of nitrogens with one attached hydrogen (secondary N) is 2. The summed E-state index contributed by atoms with van der Waals surface area (Å²) in [5, 5.41) is 4.67. The number of rotatable bonds is 6. The summed E-state index contributed by atoms with van der Waals surface area (Å²) in [4.78, 5) is 16.8. The molecule has 3 aromatic heterocycles. The van der Waals surface area contributed by atoms with Crippen LogP contribution in [0.5, 0.6) is 0 Å². The van der Waals surface area contributed by atoms with E-state index >= 15 is 0 Å². The molecule has 0 aliphatic rings. The summed E-state index contributed by atoms with van der Waals surface area (Å²) in [7, 11) is 0. The first kappa shape index (κ1) is 19.9. The van der Waals surface area contributed by atoms with E-state index < -0.39 is 0 Å². The normalized spacial score (nSPS) is 11.1. The molecule has 0 aliphatic heterocycles. The van der Waals surface area contributed by atoms with Crippen LogP contribution < -0.4 is 5.32 Å². The average Bonchev–Trinajstić information content (AvgIpc) is 3.22. The van der Waals surface area contributed by atoms with Gasteiger partial charge in [-0.1, -0.05) is 30.3 Å². The second-order valence-electron chi connectivity index (χ2n) is 7.69. The molecule has 6 heteroatoms. The predicted octanol–water partition coefficient (Wildman–Crippen LogP) is 5.79. The predicted molar refractivity (Wildman–Crippen MR) is 126 cm³/mol. The molecule has 0 saturated heterocycles. The Labute approximate surface area is 185 Å². The van der Waals surface area contributed by atoms with Crippen molar-refractivity contribution < 1.29 is 4.39 Å². The number of hydrogen-bond donors (Lipinski definition) is 2. The number of aromatic nitrogens is 4. The molecule has 5 aromatic rings. The van der Waals surface area contributed by atoms with Crippen molar-refractivity contribution >= 4 is 16.7 Å². The number of benzene rings is 2. The molecule has 158 valence electrons. The van der Waals surface area contributed by atoms with Gasteiger partial charge in [-0.2, -0.15) is 0 Å². The first-order chi connectivity index (χ1) is 15.7. The lowest BCUT2D eigenvalue weighted by molar-refractivity contribution is 0.628. The number of hydrogen-bond acceptors (Lipinski definition) is 4. The Kier molecular flexibility index (Phi) is 5.34. The zero-order chi connectivity index (χ0) is 21.9. The Bertz CT molecular complexity index is 1370. The van der Waals surface area contributed by atoms with Crippen LogP contribution in [0, 0.1) is 12.7 Å². The Hall–Kier alpha value is -4.06. The summed E-state index contributed by atoms with van der Waals surface area (Å²) < 4.78 is 13.3. The molecule has 0 saturated carbocycles. The maximum atomic E-state index is 13.3. The molecule has 0 spiro atoms. The van der Waals surface area contributed by atoms with Gasteiger partial charge < -0.3 is 10.3 Å². The molecule has 3 heterocycles. The Morgan fingerprint density at radius 2 is 1.72 bits per heavy atom. The average molecular weight is 423 g/mol. The molecule has 2 aromatic carbocycles. The fourth-order valence-electron chi connectivity index (χ4n) is 3.85. The number of anilines is 1. The Balaban J connectivity index is 1.35. The largest absolute Gasteiger partial charge is 0.370 e. The van der Waals surface area contributed by atoms with Crippen LogP contribution in [0.3, 0.4) is 0 Å². The molecule has 0 fully saturated rings. The fraction of sp³-hybridized carbons (Fsp3) is 0.115. The van der Waals surface area contributed by atoms with Gasteiger partial charge in [-0.15, -0.1) is 0 Å².